The highest BCUT2D eigenvalue weighted by atomic mass is 19.4. The third-order valence-electron chi connectivity index (χ3n) is 4.73. The number of methoxy groups -OCH3 is 1. The third-order valence-corrected chi connectivity index (χ3v) is 4.73. The van der Waals surface area contributed by atoms with Crippen LogP contribution in [-0.2, 0) is 15.7 Å². The van der Waals surface area contributed by atoms with E-state index in [-0.39, 0.29) is 28.5 Å². The van der Waals surface area contributed by atoms with Crippen LogP contribution in [0.1, 0.15) is 25.3 Å². The van der Waals surface area contributed by atoms with E-state index < -0.39 is 23.8 Å². The molecule has 3 rings (SSSR count). The van der Waals surface area contributed by atoms with Gasteiger partial charge in [-0.3, -0.25) is 4.79 Å². The number of nitrogens with one attached hydrogen (secondary N) is 2. The number of H-pyrrole nitrogens is 1. The van der Waals surface area contributed by atoms with Crippen molar-refractivity contribution in [3.63, 3.8) is 0 Å². The summed E-state index contributed by atoms with van der Waals surface area (Å²) in [5, 5.41) is 2.84. The lowest BCUT2D eigenvalue weighted by Crippen LogP contribution is -2.43. The molecule has 1 aliphatic heterocycles. The molecular weight excluding hydrogens is 363 g/mol. The van der Waals surface area contributed by atoms with E-state index >= 15 is 0 Å². The minimum absolute atomic E-state index is 0.00994. The van der Waals surface area contributed by atoms with Crippen molar-refractivity contribution in [2.45, 2.75) is 38.1 Å². The van der Waals surface area contributed by atoms with Gasteiger partial charge in [-0.25, -0.2) is 4.98 Å². The number of hydrogen-bond donors (Lipinski definition) is 3. The van der Waals surface area contributed by atoms with E-state index in [1.54, 1.807) is 11.8 Å². The summed E-state index contributed by atoms with van der Waals surface area (Å²) < 4.78 is 46.1. The molecular formula is C17H22F3N5O2. The van der Waals surface area contributed by atoms with Crippen molar-refractivity contribution >= 4 is 28.3 Å². The average molecular weight is 385 g/mol. The van der Waals surface area contributed by atoms with Crippen molar-refractivity contribution in [1.29, 1.82) is 0 Å². The molecule has 0 aliphatic carbocycles. The topological polar surface area (TPSA) is 96.3 Å². The first-order chi connectivity index (χ1) is 12.7. The number of rotatable bonds is 4. The Morgan fingerprint density at radius 2 is 2.26 bits per heavy atom. The molecule has 2 atom stereocenters. The molecule has 10 heteroatoms. The van der Waals surface area contributed by atoms with Crippen LogP contribution in [0.2, 0.25) is 0 Å². The monoisotopic (exact) mass is 385 g/mol. The fraction of sp³-hybridized carbons (Fsp3) is 0.529. The molecule has 0 radical (unpaired) electrons. The summed E-state index contributed by atoms with van der Waals surface area (Å²) >= 11 is 0. The number of aromatic nitrogens is 2. The number of fused-ring (bicyclic) bond motifs is 1. The van der Waals surface area contributed by atoms with Gasteiger partial charge in [0.05, 0.1) is 22.3 Å². The number of nitrogens with zero attached hydrogens (tertiary/aromatic N) is 2. The van der Waals surface area contributed by atoms with Gasteiger partial charge in [0.1, 0.15) is 11.8 Å². The average Bonchev–Trinajstić information content (AvgIpc) is 3.02. The maximum absolute atomic E-state index is 13.7. The van der Waals surface area contributed by atoms with Crippen LogP contribution in [0.3, 0.4) is 0 Å². The molecule has 0 spiro atoms. The standard InChI is InChI=1S/C17H22F3N5O2/c1-9(27-2)16(26)24-12-7-23-15-13(12)14(11(6-22-15)17(18,19)20)25-5-3-4-10(21)8-25/h6-7,9-10H,3-5,8,21H2,1-2H3,(H,22,23)(H,24,26)/t9-,10-/m1/s1. The number of carbonyl (C=O) groups is 1. The van der Waals surface area contributed by atoms with Crippen LogP contribution < -0.4 is 16.0 Å². The van der Waals surface area contributed by atoms with E-state index in [9.17, 15) is 18.0 Å². The van der Waals surface area contributed by atoms with E-state index in [2.05, 4.69) is 15.3 Å². The Bertz CT molecular complexity index is 836. The quantitative estimate of drug-likeness (QED) is 0.751. The number of nitrogens with two attached hydrogens (primary N) is 1. The fourth-order valence-electron chi connectivity index (χ4n) is 3.27. The van der Waals surface area contributed by atoms with E-state index in [1.165, 1.54) is 13.3 Å². The highest BCUT2D eigenvalue weighted by molar-refractivity contribution is 6.08. The van der Waals surface area contributed by atoms with E-state index in [0.717, 1.165) is 12.6 Å². The molecule has 0 bridgehead atoms. The van der Waals surface area contributed by atoms with Gasteiger partial charge in [0.15, 0.2) is 0 Å². The molecule has 1 amide bonds. The number of hydrogen-bond acceptors (Lipinski definition) is 5. The molecule has 0 unspecified atom stereocenters. The SMILES string of the molecule is CO[C@H](C)C(=O)Nc1c[nH]c2ncc(C(F)(F)F)c(N3CCC[C@@H](N)C3)c12. The normalized spacial score (nSPS) is 19.3. The van der Waals surface area contributed by atoms with Gasteiger partial charge >= 0.3 is 6.18 Å². The molecule has 2 aromatic heterocycles. The molecule has 148 valence electrons. The van der Waals surface area contributed by atoms with Gasteiger partial charge in [0.25, 0.3) is 5.91 Å². The zero-order valence-corrected chi connectivity index (χ0v) is 15.1. The summed E-state index contributed by atoms with van der Waals surface area (Å²) in [7, 11) is 1.38. The fourth-order valence-corrected chi connectivity index (χ4v) is 3.27. The minimum atomic E-state index is -4.59. The van der Waals surface area contributed by atoms with Gasteiger partial charge in [-0.1, -0.05) is 0 Å². The van der Waals surface area contributed by atoms with Gasteiger partial charge in [-0.15, -0.1) is 0 Å². The predicted octanol–water partition coefficient (Wildman–Crippen LogP) is 2.48. The Labute approximate surface area is 154 Å². The molecule has 1 aliphatic rings. The van der Waals surface area contributed by atoms with Gasteiger partial charge in [0.2, 0.25) is 0 Å². The molecule has 4 N–H and O–H groups in total. The first kappa shape index (κ1) is 19.4. The lowest BCUT2D eigenvalue weighted by molar-refractivity contribution is -0.137. The molecule has 27 heavy (non-hydrogen) atoms. The number of aromatic amines is 1. The van der Waals surface area contributed by atoms with Crippen LogP contribution in [0.15, 0.2) is 12.4 Å². The van der Waals surface area contributed by atoms with Gasteiger partial charge in [0, 0.05) is 38.6 Å². The predicted molar refractivity (Wildman–Crippen MR) is 95.6 cm³/mol. The smallest absolute Gasteiger partial charge is 0.372 e. The summed E-state index contributed by atoms with van der Waals surface area (Å²) in [6.45, 7) is 2.30. The van der Waals surface area contributed by atoms with E-state index in [4.69, 9.17) is 10.5 Å². The Morgan fingerprint density at radius 3 is 2.89 bits per heavy atom. The van der Waals surface area contributed by atoms with Crippen LogP contribution in [0, 0.1) is 0 Å². The zero-order chi connectivity index (χ0) is 19.8. The molecule has 1 fully saturated rings. The largest absolute Gasteiger partial charge is 0.419 e. The lowest BCUT2D eigenvalue weighted by Gasteiger charge is -2.34. The first-order valence-electron chi connectivity index (χ1n) is 8.63. The molecule has 7 nitrogen and oxygen atoms in total. The first-order valence-corrected chi connectivity index (χ1v) is 8.63. The summed E-state index contributed by atoms with van der Waals surface area (Å²) in [6.07, 6.45) is -1.64. The van der Waals surface area contributed by atoms with Crippen LogP contribution in [0.5, 0.6) is 0 Å². The van der Waals surface area contributed by atoms with Crippen molar-refractivity contribution in [3.8, 4) is 0 Å². The van der Waals surface area contributed by atoms with Crippen molar-refractivity contribution in [2.75, 3.05) is 30.4 Å². The Hall–Kier alpha value is -2.33. The van der Waals surface area contributed by atoms with Crippen molar-refractivity contribution in [2.24, 2.45) is 5.73 Å². The molecule has 1 saturated heterocycles. The highest BCUT2D eigenvalue weighted by Crippen LogP contribution is 2.43. The lowest BCUT2D eigenvalue weighted by atomic mass is 10.0. The summed E-state index contributed by atoms with van der Waals surface area (Å²) in [4.78, 5) is 20.5. The number of ether oxygens (including phenoxy) is 1. The van der Waals surface area contributed by atoms with Crippen molar-refractivity contribution in [1.82, 2.24) is 9.97 Å². The van der Waals surface area contributed by atoms with Crippen LogP contribution in [0.4, 0.5) is 24.5 Å². The summed E-state index contributed by atoms with van der Waals surface area (Å²) in [5.74, 6) is -0.461. The number of halogens is 3. The third kappa shape index (κ3) is 3.86. The molecule has 2 aromatic rings. The number of alkyl halides is 3. The molecule has 0 aromatic carbocycles. The van der Waals surface area contributed by atoms with Crippen LogP contribution in [-0.4, -0.2) is 48.2 Å². The van der Waals surface area contributed by atoms with E-state index in [0.29, 0.717) is 19.5 Å². The number of piperidine rings is 1. The second kappa shape index (κ2) is 7.35. The van der Waals surface area contributed by atoms with Crippen LogP contribution >= 0.6 is 0 Å². The maximum atomic E-state index is 13.7. The second-order valence-electron chi connectivity index (χ2n) is 6.66. The number of carbonyl (C=O) groups excluding carboxylic acids is 1. The Balaban J connectivity index is 2.15. The van der Waals surface area contributed by atoms with E-state index in [1.807, 2.05) is 0 Å². The maximum Gasteiger partial charge on any atom is 0.419 e. The number of anilines is 2. The van der Waals surface area contributed by atoms with Gasteiger partial charge in [-0.05, 0) is 19.8 Å². The van der Waals surface area contributed by atoms with Crippen molar-refractivity contribution in [3.05, 3.63) is 18.0 Å². The second-order valence-corrected chi connectivity index (χ2v) is 6.66. The Kier molecular flexibility index (Phi) is 5.29. The summed E-state index contributed by atoms with van der Waals surface area (Å²) in [5.41, 5.74) is 5.62. The molecule has 3 heterocycles. The highest BCUT2D eigenvalue weighted by Gasteiger charge is 2.38. The number of pyridine rings is 1. The minimum Gasteiger partial charge on any atom is -0.372 e. The van der Waals surface area contributed by atoms with Gasteiger partial charge < -0.3 is 25.7 Å². The van der Waals surface area contributed by atoms with Crippen molar-refractivity contribution < 1.29 is 22.7 Å². The van der Waals surface area contributed by atoms with Crippen LogP contribution in [0.25, 0.3) is 11.0 Å². The Morgan fingerprint density at radius 1 is 1.52 bits per heavy atom. The zero-order valence-electron chi connectivity index (χ0n) is 15.1. The number of amides is 1. The van der Waals surface area contributed by atoms with Gasteiger partial charge in [-0.2, -0.15) is 13.2 Å². The molecule has 0 saturated carbocycles. The summed E-state index contributed by atoms with van der Waals surface area (Å²) in [6, 6.07) is -0.214.